The first-order valence-electron chi connectivity index (χ1n) is 17.5. The fourth-order valence-corrected chi connectivity index (χ4v) is 8.13. The van der Waals surface area contributed by atoms with Crippen molar-refractivity contribution in [3.8, 4) is 6.07 Å². The molecule has 0 bridgehead atoms. The van der Waals surface area contributed by atoms with Crippen molar-refractivity contribution >= 4 is 67.1 Å². The number of para-hydroxylation sites is 2. The Kier molecular flexibility index (Phi) is 8.13. The third kappa shape index (κ3) is 4.93. The molecule has 0 unspecified atom stereocenters. The number of hydrogen-bond donors (Lipinski definition) is 0. The highest BCUT2D eigenvalue weighted by Crippen LogP contribution is 2.57. The van der Waals surface area contributed by atoms with Crippen molar-refractivity contribution in [2.24, 2.45) is 14.1 Å². The highest BCUT2D eigenvalue weighted by atomic mass is 16.6. The number of allylic oxidation sites excluding steroid dienone is 3. The zero-order valence-corrected chi connectivity index (χ0v) is 31.3. The van der Waals surface area contributed by atoms with Gasteiger partial charge in [0.15, 0.2) is 0 Å². The van der Waals surface area contributed by atoms with Gasteiger partial charge in [-0.2, -0.15) is 5.26 Å². The normalized spacial score (nSPS) is 15.1. The topological polar surface area (TPSA) is 137 Å². The number of hydrogen-bond acceptors (Lipinski definition) is 9. The van der Waals surface area contributed by atoms with Crippen LogP contribution in [-0.4, -0.2) is 57.0 Å². The molecule has 4 aromatic carbocycles. The lowest BCUT2D eigenvalue weighted by molar-refractivity contribution is -0.385. The number of benzene rings is 4. The molecular weight excluding hydrogens is 709 g/mol. The monoisotopic (exact) mass is 742 g/mol. The van der Waals surface area contributed by atoms with E-state index in [1.54, 1.807) is 24.3 Å². The van der Waals surface area contributed by atoms with Crippen molar-refractivity contribution in [3.63, 3.8) is 0 Å². The summed E-state index contributed by atoms with van der Waals surface area (Å²) in [4.78, 5) is 34.4. The van der Waals surface area contributed by atoms with E-state index < -0.39 is 9.85 Å². The molecule has 6 aromatic rings. The number of nitro groups is 2. The third-order valence-corrected chi connectivity index (χ3v) is 10.4. The summed E-state index contributed by atoms with van der Waals surface area (Å²) in [5, 5.41) is 36.5. The van der Waals surface area contributed by atoms with Crippen molar-refractivity contribution in [3.05, 3.63) is 163 Å². The Morgan fingerprint density at radius 1 is 0.643 bits per heavy atom. The maximum atomic E-state index is 11.7. The van der Waals surface area contributed by atoms with E-state index in [0.717, 1.165) is 33.2 Å². The number of aryl methyl sites for hydroxylation is 2. The van der Waals surface area contributed by atoms with E-state index in [9.17, 15) is 25.5 Å². The van der Waals surface area contributed by atoms with E-state index in [-0.39, 0.29) is 17.1 Å². The molecule has 0 saturated carbocycles. The molecule has 0 radical (unpaired) electrons. The number of nitriles is 1. The molecule has 56 heavy (non-hydrogen) atoms. The lowest BCUT2D eigenvalue weighted by Gasteiger charge is -2.40. The fourth-order valence-electron chi connectivity index (χ4n) is 8.13. The lowest BCUT2D eigenvalue weighted by Crippen LogP contribution is -2.34. The van der Waals surface area contributed by atoms with Crippen molar-refractivity contribution in [1.29, 1.82) is 5.26 Å². The van der Waals surface area contributed by atoms with Crippen LogP contribution in [0.5, 0.6) is 0 Å². The quantitative estimate of drug-likeness (QED) is 0.0933. The number of aromatic nitrogens is 2. The van der Waals surface area contributed by atoms with Gasteiger partial charge in [0.2, 0.25) is 5.70 Å². The van der Waals surface area contributed by atoms with Crippen LogP contribution in [0.25, 0.3) is 37.8 Å². The molecule has 14 heteroatoms. The van der Waals surface area contributed by atoms with Gasteiger partial charge in [0.25, 0.3) is 11.4 Å². The van der Waals surface area contributed by atoms with Crippen LogP contribution in [0.3, 0.4) is 0 Å². The number of nitrogens with zero attached hydrogens (tertiary/aromatic N) is 10. The van der Waals surface area contributed by atoms with Crippen LogP contribution in [0.15, 0.2) is 120 Å². The first kappa shape index (κ1) is 35.2. The van der Waals surface area contributed by atoms with Crippen LogP contribution in [0, 0.1) is 38.1 Å². The van der Waals surface area contributed by atoms with Crippen LogP contribution in [0.1, 0.15) is 11.4 Å². The molecule has 14 nitrogen and oxygen atoms in total. The van der Waals surface area contributed by atoms with Gasteiger partial charge in [-0.15, -0.1) is 0 Å². The van der Waals surface area contributed by atoms with Crippen LogP contribution in [0.4, 0.5) is 34.1 Å². The second kappa shape index (κ2) is 12.9. The summed E-state index contributed by atoms with van der Waals surface area (Å²) in [5.41, 5.74) is 7.37. The molecule has 8 rings (SSSR count). The van der Waals surface area contributed by atoms with Gasteiger partial charge in [-0.05, 0) is 36.4 Å². The molecule has 0 saturated heterocycles. The van der Waals surface area contributed by atoms with E-state index in [2.05, 4.69) is 10.9 Å². The van der Waals surface area contributed by atoms with Gasteiger partial charge in [-0.1, -0.05) is 36.4 Å². The molecule has 0 fully saturated rings. The second-order valence-electron chi connectivity index (χ2n) is 13.9. The Labute approximate surface area is 321 Å². The predicted octanol–water partition coefficient (Wildman–Crippen LogP) is 8.65. The van der Waals surface area contributed by atoms with E-state index in [1.807, 2.05) is 120 Å². The molecule has 2 aliphatic rings. The summed E-state index contributed by atoms with van der Waals surface area (Å²) in [7, 11) is 11.3. The van der Waals surface area contributed by atoms with E-state index in [1.165, 1.54) is 24.3 Å². The van der Waals surface area contributed by atoms with Crippen LogP contribution >= 0.6 is 0 Å². The Morgan fingerprint density at radius 2 is 1.05 bits per heavy atom. The average Bonchev–Trinajstić information content (AvgIpc) is 3.66. The van der Waals surface area contributed by atoms with Gasteiger partial charge in [0.1, 0.15) is 23.3 Å². The number of anilines is 4. The van der Waals surface area contributed by atoms with E-state index >= 15 is 0 Å². The van der Waals surface area contributed by atoms with Crippen LogP contribution in [0.2, 0.25) is 0 Å². The van der Waals surface area contributed by atoms with Gasteiger partial charge in [0.05, 0.1) is 50.2 Å². The lowest BCUT2D eigenvalue weighted by atomic mass is 9.86. The molecule has 2 aromatic heterocycles. The maximum Gasteiger partial charge on any atom is 0.269 e. The van der Waals surface area contributed by atoms with Gasteiger partial charge >= 0.3 is 0 Å². The average molecular weight is 743 g/mol. The molecular formula is C42H34N10O4. The van der Waals surface area contributed by atoms with Gasteiger partial charge in [-0.25, -0.2) is 4.85 Å². The number of non-ortho nitro benzene ring substituents is 2. The van der Waals surface area contributed by atoms with Crippen molar-refractivity contribution in [2.45, 2.75) is 0 Å². The molecule has 0 aliphatic carbocycles. The highest BCUT2D eigenvalue weighted by molar-refractivity contribution is 6.20. The van der Waals surface area contributed by atoms with Gasteiger partial charge < -0.3 is 23.8 Å². The summed E-state index contributed by atoms with van der Waals surface area (Å²) in [6.07, 6.45) is 0. The Bertz CT molecular complexity index is 2670. The number of fused-ring (bicyclic) bond motifs is 6. The zero-order valence-electron chi connectivity index (χ0n) is 31.3. The summed E-state index contributed by atoms with van der Waals surface area (Å²) < 4.78 is 4.08. The molecule has 2 aliphatic heterocycles. The predicted molar refractivity (Wildman–Crippen MR) is 217 cm³/mol. The number of nitro benzene ring substituents is 2. The minimum absolute atomic E-state index is 0.0596. The van der Waals surface area contributed by atoms with Crippen molar-refractivity contribution in [2.75, 3.05) is 38.0 Å². The molecule has 0 spiro atoms. The van der Waals surface area contributed by atoms with Gasteiger partial charge in [-0.3, -0.25) is 25.1 Å². The Balaban J connectivity index is 1.60. The first-order valence-corrected chi connectivity index (χ1v) is 17.5. The molecule has 276 valence electrons. The Morgan fingerprint density at radius 3 is 1.45 bits per heavy atom. The minimum atomic E-state index is -0.444. The summed E-state index contributed by atoms with van der Waals surface area (Å²) >= 11 is 0. The fraction of sp³-hybridized carbons (Fsp3) is 0.143. The van der Waals surface area contributed by atoms with Crippen LogP contribution < -0.4 is 9.80 Å². The SMILES string of the molecule is [C-]#[N+]C1=C(N(C)C)N(c2ccc([N+](=O)[O-])cc2)c2c(n(C)c3ccccc23)C1=C1C(C#N)=C(N(C)C)N(c2ccc([N+](=O)[O-])cc2)c2c1n(C)c1ccccc21. The smallest absolute Gasteiger partial charge is 0.269 e. The Hall–Kier alpha value is -7.84. The van der Waals surface area contributed by atoms with E-state index in [0.29, 0.717) is 51.1 Å². The van der Waals surface area contributed by atoms with Gasteiger partial charge in [0, 0.05) is 99.8 Å². The molecule has 0 N–H and O–H groups in total. The zero-order chi connectivity index (χ0) is 39.7. The third-order valence-electron chi connectivity index (χ3n) is 10.4. The molecule has 0 atom stereocenters. The van der Waals surface area contributed by atoms with E-state index in [4.69, 9.17) is 6.57 Å². The second-order valence-corrected chi connectivity index (χ2v) is 13.9. The highest BCUT2D eigenvalue weighted by Gasteiger charge is 2.43. The van der Waals surface area contributed by atoms with Crippen molar-refractivity contribution < 1.29 is 9.85 Å². The summed E-state index contributed by atoms with van der Waals surface area (Å²) in [5.74, 6) is 1.03. The standard InChI is InChI=1S/C42H34N10O4/c1-44-36-35(40-38(30-13-9-11-15-33(30)48(40)7)50(42(36)46(4)5)26-18-22-28(23-19-26)52(55)56)34-31(24-43)41(45(2)3)49(25-16-20-27(21-17-25)51(53)54)37-29-12-8-10-14-32(29)47(6)39(34)37/h8-23H,2-7H3. The number of rotatable bonds is 6. The molecule has 0 amide bonds. The van der Waals surface area contributed by atoms with Crippen LogP contribution in [-0.2, 0) is 14.1 Å². The largest absolute Gasteiger partial charge is 0.373 e. The minimum Gasteiger partial charge on any atom is -0.373 e. The first-order chi connectivity index (χ1) is 26.9. The summed E-state index contributed by atoms with van der Waals surface area (Å²) in [6.45, 7) is 8.89. The maximum absolute atomic E-state index is 11.7. The molecule has 4 heterocycles. The summed E-state index contributed by atoms with van der Waals surface area (Å²) in [6, 6.07) is 30.9. The van der Waals surface area contributed by atoms with Crippen molar-refractivity contribution in [1.82, 2.24) is 18.9 Å².